The van der Waals surface area contributed by atoms with Crippen molar-refractivity contribution in [1.82, 2.24) is 0 Å². The number of rotatable bonds is 11. The van der Waals surface area contributed by atoms with Crippen molar-refractivity contribution in [2.24, 2.45) is 0 Å². The average molecular weight is 448 g/mol. The van der Waals surface area contributed by atoms with E-state index in [0.717, 1.165) is 20.8 Å². The third-order valence-electron chi connectivity index (χ3n) is 4.02. The molecule has 176 valence electrons. The van der Waals surface area contributed by atoms with Crippen LogP contribution >= 0.6 is 0 Å². The molecule has 0 aliphatic carbocycles. The van der Waals surface area contributed by atoms with Gasteiger partial charge in [-0.25, -0.2) is 0 Å². The van der Waals surface area contributed by atoms with Crippen molar-refractivity contribution in [3.8, 4) is 0 Å². The number of hydrogen-bond donors (Lipinski definition) is 1. The first-order valence-corrected chi connectivity index (χ1v) is 9.65. The van der Waals surface area contributed by atoms with Gasteiger partial charge in [-0.05, 0) is 12.8 Å². The molecule has 0 amide bonds. The van der Waals surface area contributed by atoms with Crippen LogP contribution in [0.3, 0.4) is 0 Å². The molecule has 12 nitrogen and oxygen atoms in total. The van der Waals surface area contributed by atoms with E-state index in [2.05, 4.69) is 0 Å². The van der Waals surface area contributed by atoms with Gasteiger partial charge in [-0.3, -0.25) is 24.0 Å². The Morgan fingerprint density at radius 1 is 0.774 bits per heavy atom. The van der Waals surface area contributed by atoms with Crippen LogP contribution < -0.4 is 0 Å². The summed E-state index contributed by atoms with van der Waals surface area (Å²) in [7, 11) is 0. The molecule has 1 N–H and O–H groups in total. The van der Waals surface area contributed by atoms with Gasteiger partial charge in [0.25, 0.3) is 0 Å². The highest BCUT2D eigenvalue weighted by molar-refractivity contribution is 5.68. The van der Waals surface area contributed by atoms with Gasteiger partial charge in [0.2, 0.25) is 0 Å². The van der Waals surface area contributed by atoms with Gasteiger partial charge in [-0.1, -0.05) is 0 Å². The molecule has 1 aliphatic rings. The Balaban J connectivity index is 3.11. The maximum atomic E-state index is 11.7. The minimum Gasteiger partial charge on any atom is -0.481 e. The van der Waals surface area contributed by atoms with Crippen molar-refractivity contribution in [2.45, 2.75) is 77.7 Å². The highest BCUT2D eigenvalue weighted by atomic mass is 16.7. The van der Waals surface area contributed by atoms with Gasteiger partial charge < -0.3 is 33.5 Å². The van der Waals surface area contributed by atoms with E-state index >= 15 is 0 Å². The summed E-state index contributed by atoms with van der Waals surface area (Å²) in [5, 5.41) is 8.71. The fraction of sp³-hybridized carbons (Fsp3) is 0.737. The molecule has 0 spiro atoms. The van der Waals surface area contributed by atoms with E-state index in [1.165, 1.54) is 6.92 Å². The molecule has 0 bridgehead atoms. The number of esters is 4. The molecule has 0 saturated carbocycles. The zero-order valence-electron chi connectivity index (χ0n) is 17.9. The number of aliphatic carboxylic acids is 1. The van der Waals surface area contributed by atoms with E-state index in [1.807, 2.05) is 0 Å². The van der Waals surface area contributed by atoms with Gasteiger partial charge in [0.05, 0.1) is 0 Å². The molecule has 5 atom stereocenters. The molecule has 0 aromatic rings. The Hall–Kier alpha value is -2.73. The van der Waals surface area contributed by atoms with E-state index < -0.39 is 60.6 Å². The maximum Gasteiger partial charge on any atom is 0.303 e. The quantitative estimate of drug-likeness (QED) is 0.262. The third kappa shape index (κ3) is 9.75. The number of hydrogen-bond acceptors (Lipinski definition) is 11. The number of unbranched alkanes of at least 4 members (excludes halogenated alkanes) is 1. The lowest BCUT2D eigenvalue weighted by atomic mass is 9.98. The van der Waals surface area contributed by atoms with Crippen molar-refractivity contribution in [2.75, 3.05) is 13.2 Å². The minimum absolute atomic E-state index is 0.0427. The fourth-order valence-electron chi connectivity index (χ4n) is 2.90. The normalized spacial score (nSPS) is 25.2. The molecule has 1 saturated heterocycles. The van der Waals surface area contributed by atoms with Crippen molar-refractivity contribution < 1.29 is 57.5 Å². The second-order valence-electron chi connectivity index (χ2n) is 6.79. The Morgan fingerprint density at radius 2 is 1.32 bits per heavy atom. The van der Waals surface area contributed by atoms with Crippen LogP contribution in [0, 0.1) is 0 Å². The molecule has 0 aromatic carbocycles. The number of carboxylic acids is 1. The monoisotopic (exact) mass is 448 g/mol. The zero-order valence-corrected chi connectivity index (χ0v) is 17.9. The van der Waals surface area contributed by atoms with E-state index in [1.54, 1.807) is 0 Å². The minimum atomic E-state index is -1.30. The summed E-state index contributed by atoms with van der Waals surface area (Å²) in [5.74, 6) is -3.78. The zero-order chi connectivity index (χ0) is 23.6. The van der Waals surface area contributed by atoms with Gasteiger partial charge >= 0.3 is 29.8 Å². The number of carbonyl (C=O) groups is 5. The number of carbonyl (C=O) groups excluding carboxylic acids is 4. The molecule has 31 heavy (non-hydrogen) atoms. The second-order valence-corrected chi connectivity index (χ2v) is 6.79. The maximum absolute atomic E-state index is 11.7. The molecular weight excluding hydrogens is 420 g/mol. The summed E-state index contributed by atoms with van der Waals surface area (Å²) in [4.78, 5) is 56.8. The van der Waals surface area contributed by atoms with E-state index in [0.29, 0.717) is 12.8 Å². The molecule has 0 radical (unpaired) electrons. The molecule has 12 heteroatoms. The first kappa shape index (κ1) is 26.3. The van der Waals surface area contributed by atoms with Gasteiger partial charge in [-0.15, -0.1) is 0 Å². The van der Waals surface area contributed by atoms with Crippen LogP contribution in [0.1, 0.15) is 47.0 Å². The second kappa shape index (κ2) is 12.8. The van der Waals surface area contributed by atoms with Gasteiger partial charge in [0, 0.05) is 40.7 Å². The summed E-state index contributed by atoms with van der Waals surface area (Å²) < 4.78 is 32.1. The fourth-order valence-corrected chi connectivity index (χ4v) is 2.90. The summed E-state index contributed by atoms with van der Waals surface area (Å²) >= 11 is 0. The van der Waals surface area contributed by atoms with Crippen LogP contribution in [0.4, 0.5) is 0 Å². The topological polar surface area (TPSA) is 161 Å². The summed E-state index contributed by atoms with van der Waals surface area (Å²) in [6.45, 7) is 4.23. The Morgan fingerprint density at radius 3 is 1.84 bits per heavy atom. The first-order valence-electron chi connectivity index (χ1n) is 9.65. The summed E-state index contributed by atoms with van der Waals surface area (Å²) in [5.41, 5.74) is 0. The Bertz CT molecular complexity index is 660. The van der Waals surface area contributed by atoms with Crippen LogP contribution in [0.15, 0.2) is 0 Å². The molecule has 1 aliphatic heterocycles. The summed E-state index contributed by atoms with van der Waals surface area (Å²) in [6, 6.07) is 0. The lowest BCUT2D eigenvalue weighted by Crippen LogP contribution is -2.63. The van der Waals surface area contributed by atoms with Crippen LogP contribution in [-0.2, 0) is 52.4 Å². The van der Waals surface area contributed by atoms with Crippen molar-refractivity contribution >= 4 is 29.8 Å². The van der Waals surface area contributed by atoms with Crippen molar-refractivity contribution in [3.05, 3.63) is 0 Å². The van der Waals surface area contributed by atoms with Crippen LogP contribution in [0.25, 0.3) is 0 Å². The standard InChI is InChI=1S/C19H28O12/c1-10(20)27-9-14-16(28-11(2)21)17(29-12(3)22)18(30-13(4)23)19(31-14)26-8-6-5-7-15(24)25/h14,16-19H,5-9H2,1-4H3,(H,24,25). The molecule has 1 rings (SSSR count). The van der Waals surface area contributed by atoms with Crippen molar-refractivity contribution in [3.63, 3.8) is 0 Å². The predicted molar refractivity (Wildman–Crippen MR) is 99.4 cm³/mol. The predicted octanol–water partition coefficient (Wildman–Crippen LogP) is 0.341. The van der Waals surface area contributed by atoms with E-state index in [4.69, 9.17) is 33.5 Å². The molecular formula is C19H28O12. The van der Waals surface area contributed by atoms with Crippen LogP contribution in [-0.4, -0.2) is 78.9 Å². The number of ether oxygens (including phenoxy) is 6. The lowest BCUT2D eigenvalue weighted by molar-refractivity contribution is -0.308. The first-order chi connectivity index (χ1) is 14.5. The van der Waals surface area contributed by atoms with E-state index in [-0.39, 0.29) is 19.6 Å². The Kier molecular flexibility index (Phi) is 10.9. The smallest absolute Gasteiger partial charge is 0.303 e. The van der Waals surface area contributed by atoms with Gasteiger partial charge in [-0.2, -0.15) is 0 Å². The van der Waals surface area contributed by atoms with Gasteiger partial charge in [0.15, 0.2) is 24.6 Å². The molecule has 0 aromatic heterocycles. The van der Waals surface area contributed by atoms with Gasteiger partial charge in [0.1, 0.15) is 12.7 Å². The average Bonchev–Trinajstić information content (AvgIpc) is 2.62. The highest BCUT2D eigenvalue weighted by Gasteiger charge is 2.52. The van der Waals surface area contributed by atoms with Crippen LogP contribution in [0.2, 0.25) is 0 Å². The summed E-state index contributed by atoms with van der Waals surface area (Å²) in [6.07, 6.45) is -5.56. The van der Waals surface area contributed by atoms with E-state index in [9.17, 15) is 24.0 Å². The largest absolute Gasteiger partial charge is 0.481 e. The Labute approximate surface area is 179 Å². The third-order valence-corrected chi connectivity index (χ3v) is 4.02. The highest BCUT2D eigenvalue weighted by Crippen LogP contribution is 2.30. The van der Waals surface area contributed by atoms with Crippen molar-refractivity contribution in [1.29, 1.82) is 0 Å². The SMILES string of the molecule is CC(=O)OCC1OC(OCCCCC(=O)O)C(OC(C)=O)C(OC(C)=O)C1OC(C)=O. The number of carboxylic acid groups (broad SMARTS) is 1. The lowest BCUT2D eigenvalue weighted by Gasteiger charge is -2.44. The molecule has 1 fully saturated rings. The molecule has 5 unspecified atom stereocenters. The molecule has 1 heterocycles. The van der Waals surface area contributed by atoms with Crippen LogP contribution in [0.5, 0.6) is 0 Å².